The van der Waals surface area contributed by atoms with E-state index >= 15 is 0 Å². The predicted octanol–water partition coefficient (Wildman–Crippen LogP) is 6.91. The van der Waals surface area contributed by atoms with E-state index in [0.717, 1.165) is 29.5 Å². The van der Waals surface area contributed by atoms with E-state index in [2.05, 4.69) is 9.97 Å². The van der Waals surface area contributed by atoms with Gasteiger partial charge in [0.1, 0.15) is 12.4 Å². The Bertz CT molecular complexity index is 1490. The van der Waals surface area contributed by atoms with Gasteiger partial charge in [0.05, 0.1) is 30.3 Å². The summed E-state index contributed by atoms with van der Waals surface area (Å²) >= 11 is 0. The zero-order valence-electron chi connectivity index (χ0n) is 24.5. The van der Waals surface area contributed by atoms with Gasteiger partial charge < -0.3 is 18.9 Å². The van der Waals surface area contributed by atoms with Crippen LogP contribution in [0.2, 0.25) is 0 Å². The van der Waals surface area contributed by atoms with Gasteiger partial charge in [0, 0.05) is 48.7 Å². The maximum Gasteiger partial charge on any atom is 0.417 e. The maximum absolute atomic E-state index is 14.7. The zero-order chi connectivity index (χ0) is 30.9. The van der Waals surface area contributed by atoms with Crippen LogP contribution in [0, 0.1) is 17.7 Å². The molecule has 1 aromatic carbocycles. The Morgan fingerprint density at radius 1 is 1.05 bits per heavy atom. The van der Waals surface area contributed by atoms with Crippen LogP contribution in [-0.2, 0) is 33.5 Å². The second-order valence-corrected chi connectivity index (χ2v) is 11.5. The number of methoxy groups -OCH3 is 1. The largest absolute Gasteiger partial charge is 0.478 e. The highest BCUT2D eigenvalue weighted by Crippen LogP contribution is 2.61. The molecule has 2 aliphatic carbocycles. The fraction of sp³-hybridized carbons (Fsp3) is 0.469. The maximum atomic E-state index is 14.7. The molecule has 3 atom stereocenters. The smallest absolute Gasteiger partial charge is 0.417 e. The zero-order valence-corrected chi connectivity index (χ0v) is 24.5. The van der Waals surface area contributed by atoms with Crippen molar-refractivity contribution in [3.63, 3.8) is 0 Å². The number of aromatic nitrogens is 2. The van der Waals surface area contributed by atoms with E-state index in [9.17, 15) is 22.4 Å². The highest BCUT2D eigenvalue weighted by atomic mass is 19.4. The lowest BCUT2D eigenvalue weighted by atomic mass is 9.99. The van der Waals surface area contributed by atoms with E-state index < -0.39 is 17.6 Å². The third kappa shape index (κ3) is 6.76. The van der Waals surface area contributed by atoms with Gasteiger partial charge in [0.15, 0.2) is 0 Å². The van der Waals surface area contributed by atoms with Gasteiger partial charge in [-0.2, -0.15) is 13.2 Å². The molecule has 2 aliphatic rings. The third-order valence-electron chi connectivity index (χ3n) is 8.18. The molecule has 1 saturated carbocycles. The standard InChI is InChI=1S/C32H34F4N2O5/c1-5-41-30(39)29-21-12-19-13-26(38-16-23(19)28(21)29)43-17-20-11-18(7-8-25(20)33)22-15-37-27(14-24(22)32(34,35)36)42-10-6-9-31(2,3)40-4/h7-8,11,13-16,21,28-29H,5-6,9-10,12,17H2,1-4H3. The van der Waals surface area contributed by atoms with E-state index in [1.165, 1.54) is 12.1 Å². The summed E-state index contributed by atoms with van der Waals surface area (Å²) < 4.78 is 78.7. The van der Waals surface area contributed by atoms with Crippen LogP contribution in [0.25, 0.3) is 11.1 Å². The summed E-state index contributed by atoms with van der Waals surface area (Å²) in [6.45, 7) is 5.89. The Morgan fingerprint density at radius 2 is 1.79 bits per heavy atom. The molecule has 0 radical (unpaired) electrons. The SMILES string of the molecule is CCOC(=O)C1C2Cc3cc(OCc4cc(-c5cnc(OCCCC(C)(C)OC)cc5C(F)(F)F)ccc4F)ncc3C21. The van der Waals surface area contributed by atoms with Crippen LogP contribution in [0.3, 0.4) is 0 Å². The van der Waals surface area contributed by atoms with E-state index in [1.54, 1.807) is 26.3 Å². The molecule has 0 N–H and O–H groups in total. The number of fused-ring (bicyclic) bond motifs is 3. The first-order valence-electron chi connectivity index (χ1n) is 14.2. The lowest BCUT2D eigenvalue weighted by Crippen LogP contribution is -2.23. The van der Waals surface area contributed by atoms with E-state index in [4.69, 9.17) is 18.9 Å². The molecular formula is C32H34F4N2O5. The molecule has 7 nitrogen and oxygen atoms in total. The summed E-state index contributed by atoms with van der Waals surface area (Å²) in [6.07, 6.45) is -0.00474. The van der Waals surface area contributed by atoms with Crippen LogP contribution in [0.5, 0.6) is 11.8 Å². The first-order chi connectivity index (χ1) is 20.4. The van der Waals surface area contributed by atoms with Crippen LogP contribution < -0.4 is 9.47 Å². The fourth-order valence-corrected chi connectivity index (χ4v) is 5.67. The van der Waals surface area contributed by atoms with Gasteiger partial charge in [-0.25, -0.2) is 14.4 Å². The lowest BCUT2D eigenvalue weighted by molar-refractivity contribution is -0.145. The minimum Gasteiger partial charge on any atom is -0.478 e. The van der Waals surface area contributed by atoms with E-state index in [-0.39, 0.29) is 71.0 Å². The van der Waals surface area contributed by atoms with Gasteiger partial charge in [-0.05, 0) is 74.8 Å². The first-order valence-corrected chi connectivity index (χ1v) is 14.2. The highest BCUT2D eigenvalue weighted by molar-refractivity contribution is 5.79. The molecule has 3 unspecified atom stereocenters. The van der Waals surface area contributed by atoms with Crippen molar-refractivity contribution < 1.29 is 41.3 Å². The Hall–Kier alpha value is -3.73. The molecule has 0 bridgehead atoms. The van der Waals surface area contributed by atoms with Crippen molar-refractivity contribution in [3.8, 4) is 22.9 Å². The van der Waals surface area contributed by atoms with Gasteiger partial charge in [-0.3, -0.25) is 4.79 Å². The topological polar surface area (TPSA) is 79.8 Å². The summed E-state index contributed by atoms with van der Waals surface area (Å²) in [5.74, 6) is -0.535. The average Bonchev–Trinajstić information content (AvgIpc) is 3.56. The molecule has 3 aromatic rings. The number of carbonyl (C=O) groups excluding carboxylic acids is 1. The van der Waals surface area contributed by atoms with E-state index in [0.29, 0.717) is 25.9 Å². The molecule has 0 saturated heterocycles. The molecular weight excluding hydrogens is 568 g/mol. The van der Waals surface area contributed by atoms with Gasteiger partial charge >= 0.3 is 12.1 Å². The second kappa shape index (κ2) is 12.1. The number of pyridine rings is 2. The summed E-state index contributed by atoms with van der Waals surface area (Å²) in [7, 11) is 1.60. The van der Waals surface area contributed by atoms with Gasteiger partial charge in [-0.1, -0.05) is 6.07 Å². The molecule has 2 heterocycles. The van der Waals surface area contributed by atoms with Crippen LogP contribution in [0.4, 0.5) is 17.6 Å². The number of nitrogens with zero attached hydrogens (tertiary/aromatic N) is 2. The van der Waals surface area contributed by atoms with Crippen LogP contribution in [-0.4, -0.2) is 41.9 Å². The number of esters is 1. The minimum atomic E-state index is -4.69. The number of carbonyl (C=O) groups is 1. The first kappa shape index (κ1) is 30.7. The number of alkyl halides is 3. The Labute approximate surface area is 247 Å². The van der Waals surface area contributed by atoms with Crippen LogP contribution >= 0.6 is 0 Å². The summed E-state index contributed by atoms with van der Waals surface area (Å²) in [6, 6.07) is 6.34. The molecule has 0 spiro atoms. The van der Waals surface area contributed by atoms with E-state index in [1.807, 2.05) is 13.8 Å². The number of benzene rings is 1. The second-order valence-electron chi connectivity index (χ2n) is 11.5. The molecule has 2 aromatic heterocycles. The van der Waals surface area contributed by atoms with Crippen molar-refractivity contribution in [2.45, 2.75) is 64.3 Å². The molecule has 230 valence electrons. The minimum absolute atomic E-state index is 0.0687. The number of ether oxygens (including phenoxy) is 4. The molecule has 5 rings (SSSR count). The van der Waals surface area contributed by atoms with Crippen molar-refractivity contribution in [1.29, 1.82) is 0 Å². The van der Waals surface area contributed by atoms with Gasteiger partial charge in [-0.15, -0.1) is 0 Å². The number of halogens is 4. The highest BCUT2D eigenvalue weighted by Gasteiger charge is 2.60. The van der Waals surface area contributed by atoms with Crippen LogP contribution in [0.1, 0.15) is 61.8 Å². The monoisotopic (exact) mass is 602 g/mol. The molecule has 0 amide bonds. The number of hydrogen-bond acceptors (Lipinski definition) is 7. The predicted molar refractivity (Wildman–Crippen MR) is 149 cm³/mol. The summed E-state index contributed by atoms with van der Waals surface area (Å²) in [5.41, 5.74) is 0.705. The Balaban J connectivity index is 1.27. The Morgan fingerprint density at radius 3 is 2.51 bits per heavy atom. The summed E-state index contributed by atoms with van der Waals surface area (Å²) in [4.78, 5) is 20.5. The average molecular weight is 603 g/mol. The number of rotatable bonds is 12. The van der Waals surface area contributed by atoms with Crippen LogP contribution in [0.15, 0.2) is 42.7 Å². The van der Waals surface area contributed by atoms with Crippen molar-refractivity contribution >= 4 is 5.97 Å². The van der Waals surface area contributed by atoms with Crippen molar-refractivity contribution in [3.05, 3.63) is 70.8 Å². The fourth-order valence-electron chi connectivity index (χ4n) is 5.67. The molecule has 0 aliphatic heterocycles. The normalized spacial score (nSPS) is 19.0. The third-order valence-corrected chi connectivity index (χ3v) is 8.18. The van der Waals surface area contributed by atoms with Crippen molar-refractivity contribution in [2.75, 3.05) is 20.3 Å². The van der Waals surface area contributed by atoms with Gasteiger partial charge in [0.25, 0.3) is 0 Å². The van der Waals surface area contributed by atoms with Crippen molar-refractivity contribution in [1.82, 2.24) is 9.97 Å². The summed E-state index contributed by atoms with van der Waals surface area (Å²) in [5, 5.41) is 0. The number of hydrogen-bond donors (Lipinski definition) is 0. The Kier molecular flexibility index (Phi) is 8.65. The molecule has 1 fully saturated rings. The lowest BCUT2D eigenvalue weighted by Gasteiger charge is -2.22. The molecule has 43 heavy (non-hydrogen) atoms. The van der Waals surface area contributed by atoms with Gasteiger partial charge in [0.2, 0.25) is 11.8 Å². The quantitative estimate of drug-likeness (QED) is 0.127. The van der Waals surface area contributed by atoms with Crippen molar-refractivity contribution in [2.24, 2.45) is 11.8 Å². The molecule has 11 heteroatoms.